The van der Waals surface area contributed by atoms with E-state index in [4.69, 9.17) is 26.2 Å². The average molecular weight is 619 g/mol. The molecule has 12 heteroatoms. The van der Waals surface area contributed by atoms with Gasteiger partial charge in [0, 0.05) is 73.4 Å². The number of ether oxygens (including phenoxy) is 1. The van der Waals surface area contributed by atoms with Crippen LogP contribution in [0.3, 0.4) is 0 Å². The first-order chi connectivity index (χ1) is 21.1. The summed E-state index contributed by atoms with van der Waals surface area (Å²) in [6.07, 6.45) is 7.92. The Labute approximate surface area is 259 Å². The number of aryl methyl sites for hydroxylation is 1. The number of benzene rings is 1. The van der Waals surface area contributed by atoms with Crippen LogP contribution in [0.1, 0.15) is 49.9 Å². The topological polar surface area (TPSA) is 144 Å². The maximum atomic E-state index is 14.0. The maximum absolute atomic E-state index is 14.0. The third-order valence-corrected chi connectivity index (χ3v) is 11.4. The van der Waals surface area contributed by atoms with Gasteiger partial charge in [0.15, 0.2) is 0 Å². The highest BCUT2D eigenvalue weighted by molar-refractivity contribution is 7.89. The van der Waals surface area contributed by atoms with Crippen LogP contribution in [0.5, 0.6) is 5.75 Å². The Balaban J connectivity index is 1.24. The Morgan fingerprint density at radius 2 is 1.75 bits per heavy atom. The first-order valence-corrected chi connectivity index (χ1v) is 17.1. The molecule has 0 unspecified atom stereocenters. The van der Waals surface area contributed by atoms with Crippen molar-refractivity contribution in [2.24, 2.45) is 16.9 Å². The Bertz CT molecular complexity index is 1680. The molecule has 0 saturated carbocycles. The van der Waals surface area contributed by atoms with Crippen molar-refractivity contribution < 1.29 is 13.2 Å². The Hall–Kier alpha value is -3.32. The number of aromatic nitrogens is 3. The van der Waals surface area contributed by atoms with Crippen molar-refractivity contribution in [3.63, 3.8) is 0 Å². The van der Waals surface area contributed by atoms with Gasteiger partial charge in [-0.05, 0) is 61.3 Å². The van der Waals surface area contributed by atoms with E-state index in [-0.39, 0.29) is 22.4 Å². The predicted molar refractivity (Wildman–Crippen MR) is 170 cm³/mol. The Kier molecular flexibility index (Phi) is 7.51. The van der Waals surface area contributed by atoms with Gasteiger partial charge in [-0.1, -0.05) is 19.9 Å². The van der Waals surface area contributed by atoms with Crippen LogP contribution in [0, 0.1) is 5.41 Å². The van der Waals surface area contributed by atoms with E-state index in [0.29, 0.717) is 58.1 Å². The third-order valence-electron chi connectivity index (χ3n) is 9.54. The highest BCUT2D eigenvalue weighted by Gasteiger charge is 2.36. The van der Waals surface area contributed by atoms with Gasteiger partial charge in [0.1, 0.15) is 35.2 Å². The summed E-state index contributed by atoms with van der Waals surface area (Å²) in [5.41, 5.74) is 17.5. The van der Waals surface area contributed by atoms with E-state index in [2.05, 4.69) is 29.8 Å². The fourth-order valence-corrected chi connectivity index (χ4v) is 8.70. The number of rotatable bonds is 5. The molecule has 0 amide bonds. The van der Waals surface area contributed by atoms with E-state index in [0.717, 1.165) is 59.6 Å². The van der Waals surface area contributed by atoms with Gasteiger partial charge in [-0.2, -0.15) is 4.31 Å². The van der Waals surface area contributed by atoms with Crippen LogP contribution in [0.25, 0.3) is 11.1 Å². The van der Waals surface area contributed by atoms with E-state index in [1.807, 2.05) is 17.0 Å². The van der Waals surface area contributed by atoms with Gasteiger partial charge >= 0.3 is 0 Å². The number of nitrogens with two attached hydrogens (primary N) is 2. The fourth-order valence-electron chi connectivity index (χ4n) is 7.00. The summed E-state index contributed by atoms with van der Waals surface area (Å²) in [6, 6.07) is 7.65. The number of fused-ring (bicyclic) bond motifs is 2. The standard InChI is InChI=1S/C32H42N8O3S/c1-32(2)8-5-27-26(15-32)30(37-20-36-27)39-11-12-43-28-4-3-21(13-23(28)17-39)22-14-29(44(41,42)40-10-7-25(34)19-40)31(35-16-22)38-9-6-24(33)18-38/h3-4,13-14,16,20,24-25H,5-12,15,17-19,33-34H2,1-2H3/t24-,25-/m0/s1. The van der Waals surface area contributed by atoms with E-state index in [1.54, 1.807) is 18.6 Å². The second kappa shape index (κ2) is 11.2. The molecular weight excluding hydrogens is 576 g/mol. The second-order valence-corrected chi connectivity index (χ2v) is 15.4. The molecular formula is C32H42N8O3S. The lowest BCUT2D eigenvalue weighted by Crippen LogP contribution is -2.34. The van der Waals surface area contributed by atoms with Crippen LogP contribution < -0.4 is 26.0 Å². The number of anilines is 2. The van der Waals surface area contributed by atoms with E-state index < -0.39 is 10.0 Å². The number of hydrogen-bond donors (Lipinski definition) is 2. The van der Waals surface area contributed by atoms with Crippen molar-refractivity contribution in [3.8, 4) is 16.9 Å². The number of sulfonamides is 1. The van der Waals surface area contributed by atoms with Crippen molar-refractivity contribution in [3.05, 3.63) is 53.6 Å². The van der Waals surface area contributed by atoms with Crippen LogP contribution in [-0.4, -0.2) is 79.1 Å². The average Bonchev–Trinajstić information content (AvgIpc) is 3.58. The van der Waals surface area contributed by atoms with Crippen LogP contribution in [-0.2, 0) is 29.4 Å². The SMILES string of the molecule is CC1(C)CCc2ncnc(N3CCOc4ccc(-c5cnc(N6CC[C@H](N)C6)c(S(=O)(=O)N6CC[C@H](N)C6)c5)cc4C3)c2C1. The molecule has 2 fully saturated rings. The third kappa shape index (κ3) is 5.53. The lowest BCUT2D eigenvalue weighted by Gasteiger charge is -2.33. The van der Waals surface area contributed by atoms with E-state index in [9.17, 15) is 8.42 Å². The van der Waals surface area contributed by atoms with Crippen molar-refractivity contribution in [1.29, 1.82) is 0 Å². The minimum Gasteiger partial charge on any atom is -0.491 e. The van der Waals surface area contributed by atoms with Crippen LogP contribution in [0.15, 0.2) is 41.7 Å². The van der Waals surface area contributed by atoms with Crippen molar-refractivity contribution in [2.45, 2.75) is 69.5 Å². The quantitative estimate of drug-likeness (QED) is 0.438. The molecule has 44 heavy (non-hydrogen) atoms. The molecule has 2 atom stereocenters. The van der Waals surface area contributed by atoms with Gasteiger partial charge < -0.3 is 26.0 Å². The molecule has 11 nitrogen and oxygen atoms in total. The first-order valence-electron chi connectivity index (χ1n) is 15.7. The molecule has 1 aliphatic carbocycles. The zero-order valence-electron chi connectivity index (χ0n) is 25.6. The molecule has 234 valence electrons. The summed E-state index contributed by atoms with van der Waals surface area (Å²) >= 11 is 0. The minimum absolute atomic E-state index is 0.00803. The smallest absolute Gasteiger partial charge is 0.246 e. The van der Waals surface area contributed by atoms with Crippen molar-refractivity contribution in [2.75, 3.05) is 49.1 Å². The summed E-state index contributed by atoms with van der Waals surface area (Å²) in [5, 5.41) is 0. The fraction of sp³-hybridized carbons (Fsp3) is 0.531. The largest absolute Gasteiger partial charge is 0.491 e. The van der Waals surface area contributed by atoms with Crippen molar-refractivity contribution in [1.82, 2.24) is 19.3 Å². The molecule has 1 aromatic carbocycles. The molecule has 0 radical (unpaired) electrons. The predicted octanol–water partition coefficient (Wildman–Crippen LogP) is 2.71. The highest BCUT2D eigenvalue weighted by Crippen LogP contribution is 2.39. The van der Waals surface area contributed by atoms with Crippen LogP contribution >= 0.6 is 0 Å². The molecule has 4 N–H and O–H groups in total. The normalized spacial score (nSPS) is 23.6. The van der Waals surface area contributed by atoms with Gasteiger partial charge in [-0.25, -0.2) is 23.4 Å². The Morgan fingerprint density at radius 3 is 2.52 bits per heavy atom. The maximum Gasteiger partial charge on any atom is 0.246 e. The number of pyridine rings is 1. The van der Waals surface area contributed by atoms with Gasteiger partial charge in [-0.3, -0.25) is 0 Å². The monoisotopic (exact) mass is 618 g/mol. The summed E-state index contributed by atoms with van der Waals surface area (Å²) < 4.78 is 35.7. The Morgan fingerprint density at radius 1 is 0.932 bits per heavy atom. The molecule has 4 aliphatic rings. The summed E-state index contributed by atoms with van der Waals surface area (Å²) in [4.78, 5) is 18.6. The lowest BCUT2D eigenvalue weighted by atomic mass is 9.76. The second-order valence-electron chi connectivity index (χ2n) is 13.5. The zero-order chi connectivity index (χ0) is 30.6. The van der Waals surface area contributed by atoms with Gasteiger partial charge in [0.05, 0.1) is 6.54 Å². The molecule has 3 aromatic rings. The molecule has 5 heterocycles. The molecule has 7 rings (SSSR count). The van der Waals surface area contributed by atoms with E-state index >= 15 is 0 Å². The minimum atomic E-state index is -3.81. The van der Waals surface area contributed by atoms with Gasteiger partial charge in [0.25, 0.3) is 0 Å². The first kappa shape index (κ1) is 29.4. The summed E-state index contributed by atoms with van der Waals surface area (Å²) in [6.45, 7) is 8.46. The molecule has 0 bridgehead atoms. The molecule has 2 saturated heterocycles. The number of hydrogen-bond acceptors (Lipinski definition) is 10. The van der Waals surface area contributed by atoms with Crippen LogP contribution in [0.2, 0.25) is 0 Å². The molecule has 2 aromatic heterocycles. The molecule has 3 aliphatic heterocycles. The van der Waals surface area contributed by atoms with Crippen molar-refractivity contribution >= 4 is 21.7 Å². The zero-order valence-corrected chi connectivity index (χ0v) is 26.4. The summed E-state index contributed by atoms with van der Waals surface area (Å²) in [5.74, 6) is 2.27. The van der Waals surface area contributed by atoms with Gasteiger partial charge in [-0.15, -0.1) is 0 Å². The number of nitrogens with zero attached hydrogens (tertiary/aromatic N) is 6. The summed E-state index contributed by atoms with van der Waals surface area (Å²) in [7, 11) is -3.81. The lowest BCUT2D eigenvalue weighted by molar-refractivity contribution is 0.310. The van der Waals surface area contributed by atoms with E-state index in [1.165, 1.54) is 9.87 Å². The van der Waals surface area contributed by atoms with Gasteiger partial charge in [0.2, 0.25) is 10.0 Å². The van der Waals surface area contributed by atoms with Crippen LogP contribution in [0.4, 0.5) is 11.6 Å². The molecule has 0 spiro atoms. The highest BCUT2D eigenvalue weighted by atomic mass is 32.2.